The Morgan fingerprint density at radius 3 is 2.46 bits per heavy atom. The van der Waals surface area contributed by atoms with Crippen molar-refractivity contribution in [1.82, 2.24) is 14.6 Å². The normalized spacial score (nSPS) is 11.7. The van der Waals surface area contributed by atoms with Crippen molar-refractivity contribution >= 4 is 39.0 Å². The van der Waals surface area contributed by atoms with Gasteiger partial charge in [-0.1, -0.05) is 12.1 Å². The second-order valence-electron chi connectivity index (χ2n) is 8.14. The Kier molecular flexibility index (Phi) is 7.48. The van der Waals surface area contributed by atoms with Gasteiger partial charge in [-0.15, -0.1) is 0 Å². The molecule has 2 aromatic heterocycles. The largest absolute Gasteiger partial charge is 0.493 e. The summed E-state index contributed by atoms with van der Waals surface area (Å²) >= 11 is 0. The highest BCUT2D eigenvalue weighted by atomic mass is 32.2. The molecule has 2 heterocycles. The number of hydrogen-bond acceptors (Lipinski definition) is 10. The number of methoxy groups -OCH3 is 3. The van der Waals surface area contributed by atoms with Crippen molar-refractivity contribution < 1.29 is 22.6 Å². The van der Waals surface area contributed by atoms with Crippen LogP contribution in [0.25, 0.3) is 5.65 Å². The van der Waals surface area contributed by atoms with Crippen molar-refractivity contribution in [1.29, 1.82) is 0 Å². The first-order chi connectivity index (χ1) is 17.8. The maximum absolute atomic E-state index is 12.9. The summed E-state index contributed by atoms with van der Waals surface area (Å²) in [5.41, 5.74) is 4.54. The van der Waals surface area contributed by atoms with Crippen molar-refractivity contribution in [3.8, 4) is 17.2 Å². The number of benzene rings is 2. The Morgan fingerprint density at radius 2 is 1.76 bits per heavy atom. The van der Waals surface area contributed by atoms with E-state index in [0.717, 1.165) is 0 Å². The number of aromatic nitrogens is 3. The minimum Gasteiger partial charge on any atom is -0.493 e. The molecule has 37 heavy (non-hydrogen) atoms. The van der Waals surface area contributed by atoms with Crippen LogP contribution in [-0.4, -0.2) is 55.8 Å². The van der Waals surface area contributed by atoms with Gasteiger partial charge < -0.3 is 19.5 Å². The van der Waals surface area contributed by atoms with Crippen LogP contribution in [0.15, 0.2) is 64.7 Å². The Balaban J connectivity index is 1.66. The molecule has 12 heteroatoms. The molecule has 0 aliphatic heterocycles. The van der Waals surface area contributed by atoms with E-state index in [1.54, 1.807) is 86.4 Å². The topological polar surface area (TPSA) is 128 Å². The predicted octanol–water partition coefficient (Wildman–Crippen LogP) is 4.13. The fraction of sp³-hybridized carbons (Fsp3) is 0.240. The molecule has 2 aromatic carbocycles. The number of hydrazone groups is 1. The zero-order chi connectivity index (χ0) is 26.6. The number of rotatable bonds is 10. The highest BCUT2D eigenvalue weighted by Crippen LogP contribution is 2.39. The zero-order valence-electron chi connectivity index (χ0n) is 21.1. The molecule has 0 spiro atoms. The van der Waals surface area contributed by atoms with Crippen LogP contribution >= 0.6 is 0 Å². The van der Waals surface area contributed by atoms with Crippen LogP contribution in [0, 0.1) is 0 Å². The smallest absolute Gasteiger partial charge is 0.203 e. The van der Waals surface area contributed by atoms with Gasteiger partial charge in [-0.2, -0.15) is 14.7 Å². The fourth-order valence-electron chi connectivity index (χ4n) is 3.66. The Hall–Kier alpha value is -4.32. The number of sulfone groups is 1. The second-order valence-corrected chi connectivity index (χ2v) is 10.6. The van der Waals surface area contributed by atoms with Crippen LogP contribution in [-0.2, 0) is 9.84 Å². The molecule has 0 unspecified atom stereocenters. The standard InChI is InChI=1S/C25H28N6O5S/c1-16(2)37(32,33)20-9-7-6-8-18(20)28-23-14-21(29-22-12-13-27-31(22)23)30-26-15-17-10-11-19(34-3)25(36-5)24(17)35-4/h6-16,28H,1-5H3,(H,29,30)/b26-15+. The van der Waals surface area contributed by atoms with E-state index >= 15 is 0 Å². The van der Waals surface area contributed by atoms with Gasteiger partial charge in [0, 0.05) is 17.7 Å². The molecule has 0 amide bonds. The molecule has 4 rings (SSSR count). The summed E-state index contributed by atoms with van der Waals surface area (Å²) in [4.78, 5) is 4.72. The molecular formula is C25H28N6O5S. The molecule has 0 saturated heterocycles. The van der Waals surface area contributed by atoms with Crippen molar-refractivity contribution in [3.63, 3.8) is 0 Å². The van der Waals surface area contributed by atoms with Crippen LogP contribution in [0.3, 0.4) is 0 Å². The molecule has 0 fully saturated rings. The highest BCUT2D eigenvalue weighted by molar-refractivity contribution is 7.92. The first-order valence-electron chi connectivity index (χ1n) is 11.3. The summed E-state index contributed by atoms with van der Waals surface area (Å²) in [6.07, 6.45) is 3.17. The third kappa shape index (κ3) is 5.14. The van der Waals surface area contributed by atoms with E-state index in [1.807, 2.05) is 0 Å². The number of fused-ring (bicyclic) bond motifs is 1. The van der Waals surface area contributed by atoms with E-state index < -0.39 is 15.1 Å². The zero-order valence-corrected chi connectivity index (χ0v) is 21.9. The maximum Gasteiger partial charge on any atom is 0.203 e. The number of nitrogens with zero attached hydrogens (tertiary/aromatic N) is 4. The number of anilines is 3. The molecule has 0 bridgehead atoms. The SMILES string of the molecule is COc1ccc(/C=N/Nc2cc(Nc3ccccc3S(=O)(=O)C(C)C)n3nccc3n2)c(OC)c1OC. The maximum atomic E-state index is 12.9. The molecule has 0 aliphatic rings. The van der Waals surface area contributed by atoms with Crippen molar-refractivity contribution in [2.75, 3.05) is 32.1 Å². The molecule has 0 atom stereocenters. The summed E-state index contributed by atoms with van der Waals surface area (Å²) in [5.74, 6) is 2.37. The summed E-state index contributed by atoms with van der Waals surface area (Å²) in [6, 6.07) is 13.7. The van der Waals surface area contributed by atoms with Gasteiger partial charge in [0.1, 0.15) is 5.82 Å². The van der Waals surface area contributed by atoms with E-state index in [2.05, 4.69) is 25.9 Å². The summed E-state index contributed by atoms with van der Waals surface area (Å²) < 4.78 is 43.6. The van der Waals surface area contributed by atoms with Gasteiger partial charge in [0.05, 0.1) is 49.6 Å². The lowest BCUT2D eigenvalue weighted by Gasteiger charge is -2.15. The molecular weight excluding hydrogens is 496 g/mol. The van der Waals surface area contributed by atoms with Gasteiger partial charge in [-0.3, -0.25) is 5.43 Å². The van der Waals surface area contributed by atoms with Gasteiger partial charge in [0.2, 0.25) is 5.75 Å². The number of nitrogens with one attached hydrogen (secondary N) is 2. The fourth-order valence-corrected chi connectivity index (χ4v) is 4.86. The van der Waals surface area contributed by atoms with Crippen molar-refractivity contribution in [2.45, 2.75) is 24.0 Å². The Bertz CT molecular complexity index is 1550. The van der Waals surface area contributed by atoms with Crippen LogP contribution in [0.4, 0.5) is 17.3 Å². The van der Waals surface area contributed by atoms with E-state index in [-0.39, 0.29) is 4.90 Å². The predicted molar refractivity (Wildman–Crippen MR) is 142 cm³/mol. The Morgan fingerprint density at radius 1 is 1.00 bits per heavy atom. The molecule has 194 valence electrons. The van der Waals surface area contributed by atoms with Crippen molar-refractivity contribution in [2.24, 2.45) is 5.10 Å². The lowest BCUT2D eigenvalue weighted by atomic mass is 10.2. The number of ether oxygens (including phenoxy) is 3. The summed E-state index contributed by atoms with van der Waals surface area (Å²) in [7, 11) is 1.10. The molecule has 0 radical (unpaired) electrons. The van der Waals surface area contributed by atoms with Crippen LogP contribution in [0.1, 0.15) is 19.4 Å². The van der Waals surface area contributed by atoms with Gasteiger partial charge in [-0.25, -0.2) is 13.4 Å². The average Bonchev–Trinajstić information content (AvgIpc) is 3.37. The molecule has 2 N–H and O–H groups in total. The van der Waals surface area contributed by atoms with E-state index in [9.17, 15) is 8.42 Å². The molecule has 0 aliphatic carbocycles. The first kappa shape index (κ1) is 25.8. The lowest BCUT2D eigenvalue weighted by molar-refractivity contribution is 0.324. The quantitative estimate of drug-likeness (QED) is 0.232. The van der Waals surface area contributed by atoms with Crippen LogP contribution in [0.5, 0.6) is 17.2 Å². The minimum atomic E-state index is -3.52. The van der Waals surface area contributed by atoms with Gasteiger partial charge in [0.15, 0.2) is 32.8 Å². The third-order valence-corrected chi connectivity index (χ3v) is 7.76. The Labute approximate surface area is 215 Å². The van der Waals surface area contributed by atoms with Gasteiger partial charge in [0.25, 0.3) is 0 Å². The summed E-state index contributed by atoms with van der Waals surface area (Å²) in [5, 5.41) is 11.2. The monoisotopic (exact) mass is 524 g/mol. The van der Waals surface area contributed by atoms with E-state index in [4.69, 9.17) is 14.2 Å². The third-order valence-electron chi connectivity index (χ3n) is 5.55. The molecule has 0 saturated carbocycles. The number of hydrogen-bond donors (Lipinski definition) is 2. The first-order valence-corrected chi connectivity index (χ1v) is 12.9. The highest BCUT2D eigenvalue weighted by Gasteiger charge is 2.23. The molecule has 11 nitrogen and oxygen atoms in total. The molecule has 4 aromatic rings. The minimum absolute atomic E-state index is 0.204. The lowest BCUT2D eigenvalue weighted by Crippen LogP contribution is -2.16. The van der Waals surface area contributed by atoms with Gasteiger partial charge >= 0.3 is 0 Å². The van der Waals surface area contributed by atoms with E-state index in [0.29, 0.717) is 45.8 Å². The van der Waals surface area contributed by atoms with Gasteiger partial charge in [-0.05, 0) is 38.1 Å². The summed E-state index contributed by atoms with van der Waals surface area (Å²) in [6.45, 7) is 3.30. The van der Waals surface area contributed by atoms with Crippen LogP contribution in [0.2, 0.25) is 0 Å². The second kappa shape index (κ2) is 10.7. The average molecular weight is 525 g/mol. The van der Waals surface area contributed by atoms with E-state index in [1.165, 1.54) is 14.2 Å². The van der Waals surface area contributed by atoms with Crippen molar-refractivity contribution in [3.05, 3.63) is 60.3 Å². The van der Waals surface area contributed by atoms with Crippen LogP contribution < -0.4 is 25.0 Å². The number of para-hydroxylation sites is 1.